The van der Waals surface area contributed by atoms with Gasteiger partial charge in [0.05, 0.1) is 0 Å². The molecule has 0 amide bonds. The number of methoxy groups -OCH3 is 1. The Morgan fingerprint density at radius 3 is 2.31 bits per heavy atom. The van der Waals surface area contributed by atoms with Gasteiger partial charge in [0.25, 0.3) is 0 Å². The minimum Gasteiger partial charge on any atom is -0.479 e. The average molecular weight is 188 g/mol. The lowest BCUT2D eigenvalue weighted by Gasteiger charge is -2.35. The third kappa shape index (κ3) is 2.19. The third-order valence-electron chi connectivity index (χ3n) is 2.67. The van der Waals surface area contributed by atoms with Gasteiger partial charge >= 0.3 is 5.97 Å². The van der Waals surface area contributed by atoms with Crippen LogP contribution in [0.1, 0.15) is 32.1 Å². The molecule has 1 fully saturated rings. The van der Waals surface area contributed by atoms with E-state index < -0.39 is 17.7 Å². The number of aliphatic carboxylic acids is 1. The molecule has 0 aromatic rings. The lowest BCUT2D eigenvalue weighted by Crippen LogP contribution is -2.49. The van der Waals surface area contributed by atoms with E-state index in [1.807, 2.05) is 0 Å². The predicted octanol–water partition coefficient (Wildman–Crippen LogP) is 0.781. The molecule has 0 bridgehead atoms. The highest BCUT2D eigenvalue weighted by Gasteiger charge is 2.42. The molecule has 1 saturated carbocycles. The van der Waals surface area contributed by atoms with E-state index in [0.717, 1.165) is 19.3 Å². The van der Waals surface area contributed by atoms with Crippen LogP contribution in [-0.2, 0) is 9.53 Å². The van der Waals surface area contributed by atoms with E-state index in [9.17, 15) is 9.90 Å². The summed E-state index contributed by atoms with van der Waals surface area (Å²) in [5, 5.41) is 18.8. The first kappa shape index (κ1) is 10.5. The Bertz CT molecular complexity index is 184. The zero-order chi connectivity index (χ0) is 9.90. The number of carboxylic acid groups (broad SMARTS) is 1. The van der Waals surface area contributed by atoms with Gasteiger partial charge in [-0.3, -0.25) is 0 Å². The van der Waals surface area contributed by atoms with Crippen molar-refractivity contribution in [2.24, 2.45) is 0 Å². The van der Waals surface area contributed by atoms with Gasteiger partial charge in [0, 0.05) is 7.11 Å². The van der Waals surface area contributed by atoms with Crippen LogP contribution < -0.4 is 0 Å². The summed E-state index contributed by atoms with van der Waals surface area (Å²) in [6.07, 6.45) is 2.80. The smallest absolute Gasteiger partial charge is 0.335 e. The number of hydrogen-bond donors (Lipinski definition) is 2. The van der Waals surface area contributed by atoms with Crippen LogP contribution in [0.25, 0.3) is 0 Å². The SMILES string of the molecule is COC(C(=O)O)C1(O)CCCCC1. The largest absolute Gasteiger partial charge is 0.479 e. The molecule has 13 heavy (non-hydrogen) atoms. The summed E-state index contributed by atoms with van der Waals surface area (Å²) >= 11 is 0. The molecule has 1 rings (SSSR count). The van der Waals surface area contributed by atoms with Crippen molar-refractivity contribution >= 4 is 5.97 Å². The van der Waals surface area contributed by atoms with Crippen LogP contribution in [-0.4, -0.2) is 35.0 Å². The predicted molar refractivity (Wildman–Crippen MR) is 46.5 cm³/mol. The van der Waals surface area contributed by atoms with E-state index in [1.165, 1.54) is 7.11 Å². The summed E-state index contributed by atoms with van der Waals surface area (Å²) in [5.74, 6) is -1.08. The van der Waals surface area contributed by atoms with Gasteiger partial charge in [-0.05, 0) is 12.8 Å². The molecule has 4 heteroatoms. The van der Waals surface area contributed by atoms with Gasteiger partial charge in [-0.1, -0.05) is 19.3 Å². The van der Waals surface area contributed by atoms with Gasteiger partial charge in [0.15, 0.2) is 6.10 Å². The molecule has 4 nitrogen and oxygen atoms in total. The van der Waals surface area contributed by atoms with Gasteiger partial charge in [-0.25, -0.2) is 4.79 Å². The van der Waals surface area contributed by atoms with E-state index in [0.29, 0.717) is 12.8 Å². The Labute approximate surface area is 77.5 Å². The first-order chi connectivity index (χ1) is 6.10. The van der Waals surface area contributed by atoms with Crippen LogP contribution >= 0.6 is 0 Å². The quantitative estimate of drug-likeness (QED) is 0.686. The van der Waals surface area contributed by atoms with Crippen molar-refractivity contribution in [3.63, 3.8) is 0 Å². The Morgan fingerprint density at radius 1 is 1.38 bits per heavy atom. The molecule has 1 unspecified atom stereocenters. The van der Waals surface area contributed by atoms with Crippen molar-refractivity contribution in [1.29, 1.82) is 0 Å². The molecule has 0 radical (unpaired) electrons. The topological polar surface area (TPSA) is 66.8 Å². The summed E-state index contributed by atoms with van der Waals surface area (Å²) in [6, 6.07) is 0. The summed E-state index contributed by atoms with van der Waals surface area (Å²) in [7, 11) is 1.32. The standard InChI is InChI=1S/C9H16O4/c1-13-7(8(10)11)9(12)5-3-2-4-6-9/h7,12H,2-6H2,1H3,(H,10,11). The highest BCUT2D eigenvalue weighted by atomic mass is 16.5. The van der Waals surface area contributed by atoms with Crippen LogP contribution in [0.2, 0.25) is 0 Å². The van der Waals surface area contributed by atoms with Crippen molar-refractivity contribution < 1.29 is 19.7 Å². The van der Waals surface area contributed by atoms with E-state index >= 15 is 0 Å². The molecule has 2 N–H and O–H groups in total. The third-order valence-corrected chi connectivity index (χ3v) is 2.67. The molecule has 1 aliphatic rings. The summed E-state index contributed by atoms with van der Waals surface area (Å²) in [4.78, 5) is 10.7. The summed E-state index contributed by atoms with van der Waals surface area (Å²) < 4.78 is 4.80. The highest BCUT2D eigenvalue weighted by Crippen LogP contribution is 2.32. The van der Waals surface area contributed by atoms with Crippen molar-refractivity contribution in [2.45, 2.75) is 43.8 Å². The van der Waals surface area contributed by atoms with Gasteiger partial charge < -0.3 is 14.9 Å². The molecule has 0 aliphatic heterocycles. The maximum Gasteiger partial charge on any atom is 0.335 e. The maximum absolute atomic E-state index is 10.7. The van der Waals surface area contributed by atoms with Crippen LogP contribution in [0.3, 0.4) is 0 Å². The van der Waals surface area contributed by atoms with Gasteiger partial charge in [0.1, 0.15) is 5.60 Å². The number of rotatable bonds is 3. The zero-order valence-corrected chi connectivity index (χ0v) is 7.82. The second-order valence-corrected chi connectivity index (χ2v) is 3.62. The van der Waals surface area contributed by atoms with Gasteiger partial charge in [0.2, 0.25) is 0 Å². The number of aliphatic hydroxyl groups is 1. The normalized spacial score (nSPS) is 23.8. The van der Waals surface area contributed by atoms with Crippen molar-refractivity contribution in [2.75, 3.05) is 7.11 Å². The molecule has 0 heterocycles. The highest BCUT2D eigenvalue weighted by molar-refractivity contribution is 5.74. The summed E-state index contributed by atoms with van der Waals surface area (Å²) in [5.41, 5.74) is -1.15. The molecular weight excluding hydrogens is 172 g/mol. The van der Waals surface area contributed by atoms with E-state index in [4.69, 9.17) is 9.84 Å². The molecular formula is C9H16O4. The minimum absolute atomic E-state index is 0.526. The van der Waals surface area contributed by atoms with Crippen LogP contribution in [0.4, 0.5) is 0 Å². The molecule has 0 spiro atoms. The Kier molecular flexibility index (Phi) is 3.27. The van der Waals surface area contributed by atoms with E-state index in [-0.39, 0.29) is 0 Å². The number of carbonyl (C=O) groups is 1. The molecule has 76 valence electrons. The molecule has 0 aromatic heterocycles. The molecule has 1 atom stereocenters. The summed E-state index contributed by atoms with van der Waals surface area (Å²) in [6.45, 7) is 0. The van der Waals surface area contributed by atoms with Crippen molar-refractivity contribution in [1.82, 2.24) is 0 Å². The Morgan fingerprint density at radius 2 is 1.92 bits per heavy atom. The molecule has 0 aromatic carbocycles. The fraction of sp³-hybridized carbons (Fsp3) is 0.889. The minimum atomic E-state index is -1.15. The molecule has 0 saturated heterocycles. The number of carboxylic acids is 1. The number of ether oxygens (including phenoxy) is 1. The van der Waals surface area contributed by atoms with Crippen LogP contribution in [0.15, 0.2) is 0 Å². The van der Waals surface area contributed by atoms with Gasteiger partial charge in [-0.2, -0.15) is 0 Å². The number of hydrogen-bond acceptors (Lipinski definition) is 3. The lowest BCUT2D eigenvalue weighted by molar-refractivity contribution is -0.171. The first-order valence-corrected chi connectivity index (χ1v) is 4.58. The zero-order valence-electron chi connectivity index (χ0n) is 7.82. The fourth-order valence-corrected chi connectivity index (χ4v) is 1.98. The average Bonchev–Trinajstić information content (AvgIpc) is 2.05. The van der Waals surface area contributed by atoms with E-state index in [2.05, 4.69) is 0 Å². The van der Waals surface area contributed by atoms with E-state index in [1.54, 1.807) is 0 Å². The Balaban J connectivity index is 2.68. The van der Waals surface area contributed by atoms with Crippen molar-refractivity contribution in [3.8, 4) is 0 Å². The maximum atomic E-state index is 10.7. The second-order valence-electron chi connectivity index (χ2n) is 3.62. The second kappa shape index (κ2) is 4.07. The van der Waals surface area contributed by atoms with Crippen LogP contribution in [0, 0.1) is 0 Å². The Hall–Kier alpha value is -0.610. The van der Waals surface area contributed by atoms with Crippen LogP contribution in [0.5, 0.6) is 0 Å². The fourth-order valence-electron chi connectivity index (χ4n) is 1.98. The lowest BCUT2D eigenvalue weighted by atomic mass is 9.80. The monoisotopic (exact) mass is 188 g/mol. The van der Waals surface area contributed by atoms with Gasteiger partial charge in [-0.15, -0.1) is 0 Å². The molecule has 1 aliphatic carbocycles. The van der Waals surface area contributed by atoms with Crippen molar-refractivity contribution in [3.05, 3.63) is 0 Å². The first-order valence-electron chi connectivity index (χ1n) is 4.58.